The first-order valence-electron chi connectivity index (χ1n) is 45.7. The molecule has 8 unspecified atom stereocenters. The molecule has 13 fully saturated rings. The average Bonchev–Trinajstić information content (AvgIpc) is 1.63. The van der Waals surface area contributed by atoms with Crippen molar-refractivity contribution in [2.75, 3.05) is 189 Å². The van der Waals surface area contributed by atoms with Crippen LogP contribution >= 0.6 is 0 Å². The number of rotatable bonds is 14. The van der Waals surface area contributed by atoms with Gasteiger partial charge in [0.25, 0.3) is 0 Å². The van der Waals surface area contributed by atoms with E-state index in [4.69, 9.17) is 61.9 Å². The lowest BCUT2D eigenvalue weighted by Crippen LogP contribution is -2.49. The molecule has 42 heteroatoms. The number of hydrogen-bond donors (Lipinski definition) is 6. The zero-order valence-corrected chi connectivity index (χ0v) is 77.1. The zero-order chi connectivity index (χ0) is 94.8. The first kappa shape index (κ1) is 100.0. The van der Waals surface area contributed by atoms with Crippen LogP contribution in [0.25, 0.3) is 0 Å². The maximum atomic E-state index is 14.1. The van der Waals surface area contributed by atoms with E-state index in [0.29, 0.717) is 135 Å². The van der Waals surface area contributed by atoms with Gasteiger partial charge in [-0.15, -0.1) is 0 Å². The van der Waals surface area contributed by atoms with Gasteiger partial charge in [0.05, 0.1) is 65.3 Å². The number of nitrogens with zero attached hydrogens (tertiary/aromatic N) is 9. The number of halogens is 13. The molecule has 0 aromatic heterocycles. The number of sulfonamides is 2. The van der Waals surface area contributed by atoms with Gasteiger partial charge in [-0.1, -0.05) is 0 Å². The highest BCUT2D eigenvalue weighted by molar-refractivity contribution is 7.89. The third-order valence-corrected chi connectivity index (χ3v) is 33.7. The highest BCUT2D eigenvalue weighted by Crippen LogP contribution is 2.46. The fraction of sp³-hybridized carbons (Fsp3) is 0.648. The fourth-order valence-electron chi connectivity index (χ4n) is 23.0. The lowest BCUT2D eigenvalue weighted by Gasteiger charge is -2.39. The monoisotopic (exact) mass is 1940 g/mol. The van der Waals surface area contributed by atoms with Crippen molar-refractivity contribution in [2.24, 2.45) is 69.6 Å². The van der Waals surface area contributed by atoms with E-state index in [-0.39, 0.29) is 81.3 Å². The van der Waals surface area contributed by atoms with E-state index >= 15 is 0 Å². The Balaban J connectivity index is 0.000000121. The number of nitrogens with two attached hydrogens (primary N) is 5. The van der Waals surface area contributed by atoms with E-state index in [0.717, 1.165) is 183 Å². The lowest BCUT2D eigenvalue weighted by atomic mass is 9.86. The van der Waals surface area contributed by atoms with Crippen LogP contribution in [0.5, 0.6) is 0 Å². The molecule has 15 aliphatic heterocycles. The normalized spacial score (nSPS) is 34.9. The molecule has 26 nitrogen and oxygen atoms in total. The molecular weight excluding hydrogens is 1820 g/mol. The largest absolute Gasteiger partial charge is 0.401 e. The Hall–Kier alpha value is -6.02. The number of likely N-dealkylation sites (tertiary alicyclic amines) is 5. The van der Waals surface area contributed by atoms with Crippen molar-refractivity contribution in [1.82, 2.24) is 42.3 Å². The van der Waals surface area contributed by atoms with Crippen molar-refractivity contribution < 1.29 is 107 Å². The van der Waals surface area contributed by atoms with Gasteiger partial charge in [-0.25, -0.2) is 82.6 Å². The van der Waals surface area contributed by atoms with Gasteiger partial charge in [0.1, 0.15) is 98.6 Å². The summed E-state index contributed by atoms with van der Waals surface area (Å²) in [5.74, 6) is -2.71. The molecule has 0 radical (unpaired) electrons. The Labute approximate surface area is 768 Å². The van der Waals surface area contributed by atoms with Crippen molar-refractivity contribution in [3.63, 3.8) is 0 Å². The van der Waals surface area contributed by atoms with Crippen molar-refractivity contribution in [1.29, 1.82) is 4.78 Å². The minimum absolute atomic E-state index is 0.00130. The standard InChI is InChI=1S/C19H24F5N3O.C19H27F2N3O3S.C18H24F2N4O2S.C18H25F2N3O3S.C17H22F2N2O2/c20-13-1-2-16(21)15(3-13)18-17(25)4-14(9-28-18)27-7-11-5-26(6-12(11)8-27)10-19(22,23)24;1-28(25,26)24-7-5-19(12-24)4-6-23(11-19)14-9-17(22)18(27-10-14)15-8-13(20)2-3-16(15)21;1-27(22,25)24-8-11-6-23(7-12(11)9-24)14-5-17(21)18(26-10-14)15-4-13(19)2-3-16(15)20;1-27(24,25)23-8-11-6-22(7-12(11)9-23)14-5-17(21)18(26-10-14)15-4-13(19)2-3-16(15)20;18-12-1-2-15(19)14(3-12)17-16(20)4-13(9-23-17)21-5-10-7-22-8-11(10)6-21/h1-3,11-12,14,17-18H,4-10,25H2;2-3,8,14,17-18H,4-7,9-12,22H2,1H3;2-4,14,17-18,22H,5-10,21H2,1H3;2-4,11-12,14,17-18H,5-10,21H2,1H3;1-3,10-11,13,16-17H,4-9,20H2/t11?,12?,14-,17+,18-;14-,17+,18-,19?;14-,17+,18-,27?;11?,12?,14-,17+,18-;10?,11?,13-,16+,17-/m11111/s1. The minimum Gasteiger partial charge on any atom is -0.381 e. The van der Waals surface area contributed by atoms with Gasteiger partial charge in [-0.2, -0.15) is 13.2 Å². The molecule has 0 amide bonds. The highest BCUT2D eigenvalue weighted by Gasteiger charge is 2.52. The molecule has 5 aromatic rings. The smallest absolute Gasteiger partial charge is 0.381 e. The second-order valence-electron chi connectivity index (χ2n) is 39.5. The van der Waals surface area contributed by atoms with E-state index in [1.165, 1.54) is 40.9 Å². The summed E-state index contributed by atoms with van der Waals surface area (Å²) in [6.07, 6.45) is 1.60. The van der Waals surface area contributed by atoms with Crippen molar-refractivity contribution in [3.05, 3.63) is 188 Å². The first-order chi connectivity index (χ1) is 62.9. The first-order valence-corrected chi connectivity index (χ1v) is 51.3. The SMILES string of the molecule is CS(=N)(=O)N1CC2=C(CN([C@H]3CO[C@H](c4cc(F)ccc4F)[C@@H](N)C3)C2)C1.CS(=O)(=O)N1CC2CN([C@H]3CO[C@H](c4cc(F)ccc4F)[C@@H](N)C3)CC2C1.CS(=O)(=O)N1CCC2(CCN([C@H]3CO[C@H](c4cc(F)ccc4F)[C@@H](N)C3)C2)C1.N[C@H]1C[C@@H](N2CC3CN(CC(F)(F)F)CC3C2)CO[C@@H]1c1cc(F)ccc1F.N[C@H]1C[C@@H](N2CC3COCC3C2)CO[C@@H]1c1cc(F)ccc1F. The van der Waals surface area contributed by atoms with Crippen molar-refractivity contribution in [2.45, 2.75) is 142 Å². The minimum atomic E-state index is -4.16. The van der Waals surface area contributed by atoms with Crippen LogP contribution in [0.1, 0.15) is 103 Å². The second kappa shape index (κ2) is 41.0. The van der Waals surface area contributed by atoms with Crippen LogP contribution in [-0.4, -0.2) is 319 Å². The third-order valence-electron chi connectivity index (χ3n) is 30.0. The van der Waals surface area contributed by atoms with Crippen LogP contribution in [0.15, 0.2) is 102 Å². The highest BCUT2D eigenvalue weighted by atomic mass is 32.2. The van der Waals surface area contributed by atoms with Gasteiger partial charge in [-0.05, 0) is 183 Å². The molecule has 11 N–H and O–H groups in total. The van der Waals surface area contributed by atoms with E-state index in [9.17, 15) is 78.1 Å². The summed E-state index contributed by atoms with van der Waals surface area (Å²) < 4.78 is 282. The topological polar surface area (TPSA) is 324 Å². The number of hydrogen-bond acceptors (Lipinski definition) is 23. The average molecular weight is 1950 g/mol. The van der Waals surface area contributed by atoms with E-state index < -0.39 is 156 Å². The fourth-order valence-corrected chi connectivity index (χ4v) is 25.7. The quantitative estimate of drug-likeness (QED) is 0.0449. The molecule has 0 saturated carbocycles. The molecule has 133 heavy (non-hydrogen) atoms. The Morgan fingerprint density at radius 1 is 0.361 bits per heavy atom. The predicted octanol–water partition coefficient (Wildman–Crippen LogP) is 8.31. The summed E-state index contributed by atoms with van der Waals surface area (Å²) in [6.45, 7) is 15.5. The summed E-state index contributed by atoms with van der Waals surface area (Å²) in [7, 11) is -8.97. The number of ether oxygens (including phenoxy) is 6. The predicted molar refractivity (Wildman–Crippen MR) is 469 cm³/mol. The van der Waals surface area contributed by atoms with Gasteiger partial charge < -0.3 is 57.1 Å². The van der Waals surface area contributed by atoms with Crippen LogP contribution in [0.4, 0.5) is 57.1 Å². The van der Waals surface area contributed by atoms with Gasteiger partial charge in [-0.3, -0.25) is 29.4 Å². The van der Waals surface area contributed by atoms with Crippen LogP contribution < -0.4 is 28.7 Å². The van der Waals surface area contributed by atoms with Crippen LogP contribution in [0.3, 0.4) is 0 Å². The molecule has 736 valence electrons. The van der Waals surface area contributed by atoms with Gasteiger partial charge in [0, 0.05) is 218 Å². The Bertz CT molecular complexity index is 5190. The second-order valence-corrected chi connectivity index (χ2v) is 45.6. The van der Waals surface area contributed by atoms with Crippen LogP contribution in [-0.2, 0) is 58.4 Å². The number of benzene rings is 5. The van der Waals surface area contributed by atoms with E-state index in [1.807, 2.05) is 0 Å². The molecular formula is C91H122F13N15O11S3. The van der Waals surface area contributed by atoms with Crippen LogP contribution in [0, 0.1) is 104 Å². The van der Waals surface area contributed by atoms with Gasteiger partial charge in [0.2, 0.25) is 20.0 Å². The summed E-state index contributed by atoms with van der Waals surface area (Å²) >= 11 is 0. The van der Waals surface area contributed by atoms with Crippen molar-refractivity contribution in [3.8, 4) is 0 Å². The maximum Gasteiger partial charge on any atom is 0.401 e. The van der Waals surface area contributed by atoms with E-state index in [1.54, 1.807) is 12.9 Å². The zero-order valence-electron chi connectivity index (χ0n) is 74.7. The molecule has 13 saturated heterocycles. The van der Waals surface area contributed by atoms with Crippen LogP contribution in [0.2, 0.25) is 0 Å². The summed E-state index contributed by atoms with van der Waals surface area (Å²) in [6, 6.07) is 15.3. The Kier molecular flexibility index (Phi) is 30.8. The number of nitrogens with one attached hydrogen (secondary N) is 1. The summed E-state index contributed by atoms with van der Waals surface area (Å²) in [4.78, 5) is 13.1. The number of alkyl halides is 3. The Morgan fingerprint density at radius 2 is 0.654 bits per heavy atom. The molecule has 20 rings (SSSR count). The molecule has 23 atom stereocenters. The molecule has 5 aromatic carbocycles. The summed E-state index contributed by atoms with van der Waals surface area (Å²) in [5.41, 5.74) is 34.6. The Morgan fingerprint density at radius 3 is 0.947 bits per heavy atom. The molecule has 15 aliphatic rings. The molecule has 0 aliphatic carbocycles. The van der Waals surface area contributed by atoms with Gasteiger partial charge in [0.15, 0.2) is 0 Å². The molecule has 0 bridgehead atoms. The molecule has 1 spiro atoms. The maximum absolute atomic E-state index is 14.1. The number of fused-ring (bicyclic) bond motifs is 3. The van der Waals surface area contributed by atoms with E-state index in [2.05, 4.69) is 24.5 Å². The molecule has 15 heterocycles. The third kappa shape index (κ3) is 23.5. The summed E-state index contributed by atoms with van der Waals surface area (Å²) in [5, 5.41) is 0. The van der Waals surface area contributed by atoms with Crippen molar-refractivity contribution >= 4 is 30.0 Å². The van der Waals surface area contributed by atoms with Gasteiger partial charge >= 0.3 is 6.18 Å². The lowest BCUT2D eigenvalue weighted by molar-refractivity contribution is -0.144.